The molecule has 0 heterocycles. The van der Waals surface area contributed by atoms with Crippen LogP contribution in [0.3, 0.4) is 0 Å². The van der Waals surface area contributed by atoms with E-state index in [-0.39, 0.29) is 35.5 Å². The van der Waals surface area contributed by atoms with Crippen LogP contribution in [-0.2, 0) is 9.39 Å². The number of alkyl halides is 6. The summed E-state index contributed by atoms with van der Waals surface area (Å²) in [4.78, 5) is 0. The molecule has 4 aliphatic carbocycles. The van der Waals surface area contributed by atoms with Gasteiger partial charge in [0.25, 0.3) is 13.7 Å². The van der Waals surface area contributed by atoms with Crippen molar-refractivity contribution in [3.63, 3.8) is 0 Å². The molecule has 0 aromatic carbocycles. The molecule has 0 spiro atoms. The number of halogens is 6. The second kappa shape index (κ2) is 6.03. The molecular formula is C18H23BF6O2. The van der Waals surface area contributed by atoms with Crippen LogP contribution in [0, 0.1) is 47.3 Å². The van der Waals surface area contributed by atoms with E-state index in [1.54, 1.807) is 13.8 Å². The topological polar surface area (TPSA) is 18.5 Å². The highest BCUT2D eigenvalue weighted by Gasteiger charge is 2.72. The zero-order valence-corrected chi connectivity index (χ0v) is 15.0. The van der Waals surface area contributed by atoms with Gasteiger partial charge in [-0.25, -0.2) is 0 Å². The van der Waals surface area contributed by atoms with Gasteiger partial charge in [0.15, 0.2) is 0 Å². The SMILES string of the molecule is [2H]C1(C)C2CC(C3C4CC(CC4OCC(O[B])(C(F)(F)F)C(F)(F)F)C32)C1([2H])C. The van der Waals surface area contributed by atoms with Crippen LogP contribution < -0.4 is 0 Å². The van der Waals surface area contributed by atoms with Gasteiger partial charge in [0.05, 0.1) is 12.7 Å². The summed E-state index contributed by atoms with van der Waals surface area (Å²) in [5.74, 6) is -1.85. The summed E-state index contributed by atoms with van der Waals surface area (Å²) < 4.78 is 105. The highest BCUT2D eigenvalue weighted by Crippen LogP contribution is 2.70. The Bertz CT molecular complexity index is 668. The minimum absolute atomic E-state index is 0.00893. The molecule has 2 nitrogen and oxygen atoms in total. The lowest BCUT2D eigenvalue weighted by Crippen LogP contribution is -2.62. The van der Waals surface area contributed by atoms with E-state index in [4.69, 9.17) is 7.48 Å². The average molecular weight is 398 g/mol. The summed E-state index contributed by atoms with van der Waals surface area (Å²) in [6.07, 6.45) is -10.6. The van der Waals surface area contributed by atoms with E-state index >= 15 is 0 Å². The summed E-state index contributed by atoms with van der Waals surface area (Å²) in [5.41, 5.74) is -4.57. The second-order valence-electron chi connectivity index (χ2n) is 8.65. The van der Waals surface area contributed by atoms with E-state index in [1.807, 2.05) is 0 Å². The molecule has 0 amide bonds. The van der Waals surface area contributed by atoms with Gasteiger partial charge in [-0.1, -0.05) is 13.8 Å². The molecule has 9 unspecified atom stereocenters. The molecular weight excluding hydrogens is 373 g/mol. The van der Waals surface area contributed by atoms with Crippen LogP contribution in [0.1, 0.15) is 35.9 Å². The first-order valence-electron chi connectivity index (χ1n) is 10.2. The third-order valence-electron chi connectivity index (χ3n) is 7.86. The van der Waals surface area contributed by atoms with Gasteiger partial charge in [-0.3, -0.25) is 0 Å². The maximum absolute atomic E-state index is 13.2. The standard InChI is InChI=1S/C18H23BF6O2/c1-7-8(2)11-5-10(7)14-9-3-12(15(11)14)13(4-9)26-6-16(27-19,17(20,21)22)18(23,24)25/h7-15H,3-6H2,1-2H3/i7D,8D. The zero-order chi connectivity index (χ0) is 21.8. The lowest BCUT2D eigenvalue weighted by atomic mass is 9.64. The van der Waals surface area contributed by atoms with E-state index in [0.29, 0.717) is 12.8 Å². The van der Waals surface area contributed by atoms with Crippen molar-refractivity contribution in [1.82, 2.24) is 0 Å². The molecule has 0 N–H and O–H groups in total. The first kappa shape index (κ1) is 17.4. The van der Waals surface area contributed by atoms with Crippen molar-refractivity contribution in [3.8, 4) is 0 Å². The first-order valence-corrected chi connectivity index (χ1v) is 9.23. The van der Waals surface area contributed by atoms with Gasteiger partial charge in [0, 0.05) is 2.74 Å². The Kier molecular flexibility index (Phi) is 3.89. The molecule has 27 heavy (non-hydrogen) atoms. The normalized spacial score (nSPS) is 52.8. The number of fused-ring (bicyclic) bond motifs is 9. The van der Waals surface area contributed by atoms with E-state index in [9.17, 15) is 26.3 Å². The highest BCUT2D eigenvalue weighted by atomic mass is 19.4. The van der Waals surface area contributed by atoms with Crippen molar-refractivity contribution in [1.29, 1.82) is 0 Å². The fourth-order valence-electron chi connectivity index (χ4n) is 6.56. The monoisotopic (exact) mass is 398 g/mol. The second-order valence-corrected chi connectivity index (χ2v) is 8.65. The Morgan fingerprint density at radius 2 is 1.44 bits per heavy atom. The van der Waals surface area contributed by atoms with Crippen molar-refractivity contribution in [3.05, 3.63) is 0 Å². The molecule has 4 saturated carbocycles. The minimum Gasteiger partial charge on any atom is -0.427 e. The van der Waals surface area contributed by atoms with E-state index in [0.717, 1.165) is 6.42 Å². The van der Waals surface area contributed by atoms with Crippen molar-refractivity contribution < 1.29 is 38.5 Å². The number of ether oxygens (including phenoxy) is 1. The van der Waals surface area contributed by atoms with Crippen molar-refractivity contribution in [2.45, 2.75) is 57.2 Å². The fourth-order valence-corrected chi connectivity index (χ4v) is 6.56. The number of rotatable bonds is 4. The van der Waals surface area contributed by atoms with E-state index in [2.05, 4.69) is 12.7 Å². The molecule has 2 radical (unpaired) electrons. The third kappa shape index (κ3) is 2.55. The summed E-state index contributed by atoms with van der Waals surface area (Å²) >= 11 is 0. The van der Waals surface area contributed by atoms with Crippen LogP contribution in [0.25, 0.3) is 0 Å². The quantitative estimate of drug-likeness (QED) is 0.394. The van der Waals surface area contributed by atoms with Gasteiger partial charge in [-0.15, -0.1) is 0 Å². The lowest BCUT2D eigenvalue weighted by molar-refractivity contribution is -0.370. The molecule has 4 rings (SSSR count). The van der Waals surface area contributed by atoms with Crippen LogP contribution in [0.5, 0.6) is 0 Å². The summed E-state index contributed by atoms with van der Waals surface area (Å²) in [7, 11) is 4.48. The fraction of sp³-hybridized carbons (Fsp3) is 1.00. The molecule has 0 aliphatic heterocycles. The molecule has 0 aromatic heterocycles. The van der Waals surface area contributed by atoms with Crippen LogP contribution in [0.15, 0.2) is 0 Å². The van der Waals surface area contributed by atoms with Crippen LogP contribution in [0.4, 0.5) is 26.3 Å². The first-order chi connectivity index (χ1) is 13.1. The maximum Gasteiger partial charge on any atom is 0.427 e. The van der Waals surface area contributed by atoms with Crippen molar-refractivity contribution in [2.24, 2.45) is 47.3 Å². The molecule has 0 saturated heterocycles. The summed E-state index contributed by atoms with van der Waals surface area (Å²) in [5, 5.41) is 0. The highest BCUT2D eigenvalue weighted by molar-refractivity contribution is 5.98. The molecule has 0 aromatic rings. The number of hydrogen-bond acceptors (Lipinski definition) is 2. The molecule has 152 valence electrons. The van der Waals surface area contributed by atoms with Gasteiger partial charge >= 0.3 is 12.4 Å². The van der Waals surface area contributed by atoms with Gasteiger partial charge in [-0.05, 0) is 66.6 Å². The van der Waals surface area contributed by atoms with Crippen molar-refractivity contribution in [2.75, 3.05) is 6.61 Å². The zero-order valence-electron chi connectivity index (χ0n) is 17.0. The predicted octanol–water partition coefficient (Wildman–Crippen LogP) is 4.53. The van der Waals surface area contributed by atoms with Gasteiger partial charge in [0.2, 0.25) is 0 Å². The van der Waals surface area contributed by atoms with E-state index < -0.39 is 42.5 Å². The summed E-state index contributed by atoms with van der Waals surface area (Å²) in [6.45, 7) is 1.76. The third-order valence-corrected chi connectivity index (χ3v) is 7.86. The average Bonchev–Trinajstić information content (AvgIpc) is 3.25. The predicted molar refractivity (Wildman–Crippen MR) is 84.5 cm³/mol. The molecule has 9 atom stereocenters. The van der Waals surface area contributed by atoms with Crippen molar-refractivity contribution >= 4 is 8.05 Å². The van der Waals surface area contributed by atoms with Crippen LogP contribution in [0.2, 0.25) is 0 Å². The van der Waals surface area contributed by atoms with Gasteiger partial charge in [0.1, 0.15) is 0 Å². The largest absolute Gasteiger partial charge is 0.427 e. The molecule has 4 bridgehead atoms. The Hall–Kier alpha value is -0.435. The number of hydrogen-bond donors (Lipinski definition) is 0. The van der Waals surface area contributed by atoms with Crippen LogP contribution >= 0.6 is 0 Å². The van der Waals surface area contributed by atoms with E-state index in [1.165, 1.54) is 0 Å². The van der Waals surface area contributed by atoms with Gasteiger partial charge < -0.3 is 9.39 Å². The lowest BCUT2D eigenvalue weighted by Gasteiger charge is -2.44. The van der Waals surface area contributed by atoms with Gasteiger partial charge in [-0.2, -0.15) is 26.3 Å². The molecule has 4 aliphatic rings. The Morgan fingerprint density at radius 1 is 0.889 bits per heavy atom. The minimum atomic E-state index is -5.78. The summed E-state index contributed by atoms with van der Waals surface area (Å²) in [6, 6.07) is 0. The Labute approximate surface area is 158 Å². The Morgan fingerprint density at radius 3 is 1.96 bits per heavy atom. The molecule has 4 fully saturated rings. The molecule has 9 heteroatoms. The van der Waals surface area contributed by atoms with Crippen LogP contribution in [-0.4, -0.2) is 38.7 Å². The maximum atomic E-state index is 13.2. The smallest absolute Gasteiger partial charge is 0.427 e. The Balaban J connectivity index is 1.53.